The number of nitrogens with zero attached hydrogens (tertiary/aromatic N) is 4. The molecule has 0 spiro atoms. The number of hydrogen-bond acceptors (Lipinski definition) is 9. The van der Waals surface area contributed by atoms with Crippen LogP contribution in [0.15, 0.2) is 65.6 Å². The molecule has 5 aromatic rings. The molecule has 0 saturated heterocycles. The number of para-hydroxylation sites is 1. The number of H-pyrrole nitrogens is 1. The van der Waals surface area contributed by atoms with Gasteiger partial charge in [0.15, 0.2) is 11.6 Å². The number of rotatable bonds is 9. The Labute approximate surface area is 227 Å². The summed E-state index contributed by atoms with van der Waals surface area (Å²) < 4.78 is 31.2. The van der Waals surface area contributed by atoms with Crippen LogP contribution in [-0.4, -0.2) is 51.3 Å². The molecular weight excluding hydrogens is 517 g/mol. The molecule has 202 valence electrons. The topological polar surface area (TPSA) is 140 Å². The Morgan fingerprint density at radius 1 is 1.15 bits per heavy atom. The van der Waals surface area contributed by atoms with E-state index in [0.717, 1.165) is 5.69 Å². The van der Waals surface area contributed by atoms with Crippen molar-refractivity contribution >= 4 is 17.3 Å². The number of carbonyl (C=O) groups excluding carboxylic acids is 1. The summed E-state index contributed by atoms with van der Waals surface area (Å²) in [5.74, 6) is 0.548. The van der Waals surface area contributed by atoms with Crippen molar-refractivity contribution in [2.24, 2.45) is 0 Å². The number of carbonyl (C=O) groups is 1. The zero-order valence-electron chi connectivity index (χ0n) is 21.4. The van der Waals surface area contributed by atoms with Crippen LogP contribution in [0, 0.1) is 5.82 Å². The highest BCUT2D eigenvalue weighted by Gasteiger charge is 2.29. The lowest BCUT2D eigenvalue weighted by molar-refractivity contribution is 0.0947. The number of nitrogens with one attached hydrogen (secondary N) is 3. The van der Waals surface area contributed by atoms with Gasteiger partial charge in [-0.3, -0.25) is 14.8 Å². The van der Waals surface area contributed by atoms with E-state index in [1.165, 1.54) is 13.2 Å². The second-order valence-electron chi connectivity index (χ2n) is 8.88. The van der Waals surface area contributed by atoms with Gasteiger partial charge in [0.05, 0.1) is 49.0 Å². The van der Waals surface area contributed by atoms with Crippen LogP contribution in [-0.2, 0) is 12.8 Å². The van der Waals surface area contributed by atoms with Gasteiger partial charge in [-0.2, -0.15) is 4.98 Å². The second-order valence-corrected chi connectivity index (χ2v) is 8.88. The fraction of sp³-hybridized carbons (Fsp3) is 0.179. The molecule has 12 heteroatoms. The van der Waals surface area contributed by atoms with Crippen molar-refractivity contribution in [2.45, 2.75) is 12.8 Å². The summed E-state index contributed by atoms with van der Waals surface area (Å²) in [5, 5.41) is 10.1. The number of amides is 1. The quantitative estimate of drug-likeness (QED) is 0.249. The number of halogens is 1. The SMILES string of the molecule is COc1c(F)cccc1Nc1c(-c2ccncc2OCCc2nc(-c3ccccn3)no2)[nH]c2c1C(=O)NCC2. The van der Waals surface area contributed by atoms with Gasteiger partial charge in [0, 0.05) is 36.6 Å². The lowest BCUT2D eigenvalue weighted by Crippen LogP contribution is -2.31. The smallest absolute Gasteiger partial charge is 0.255 e. The van der Waals surface area contributed by atoms with Gasteiger partial charge < -0.3 is 29.6 Å². The summed E-state index contributed by atoms with van der Waals surface area (Å²) in [6.45, 7) is 0.725. The highest BCUT2D eigenvalue weighted by molar-refractivity contribution is 6.06. The van der Waals surface area contributed by atoms with Crippen molar-refractivity contribution in [3.05, 3.63) is 84.0 Å². The molecule has 1 aliphatic heterocycles. The predicted molar refractivity (Wildman–Crippen MR) is 143 cm³/mol. The van der Waals surface area contributed by atoms with E-state index in [-0.39, 0.29) is 18.3 Å². The van der Waals surface area contributed by atoms with Crippen molar-refractivity contribution in [1.29, 1.82) is 0 Å². The molecule has 0 aliphatic carbocycles. The first-order valence-corrected chi connectivity index (χ1v) is 12.6. The molecule has 0 bridgehead atoms. The van der Waals surface area contributed by atoms with E-state index in [1.54, 1.807) is 42.9 Å². The molecule has 0 radical (unpaired) electrons. The molecule has 40 heavy (non-hydrogen) atoms. The third-order valence-corrected chi connectivity index (χ3v) is 6.39. The summed E-state index contributed by atoms with van der Waals surface area (Å²) >= 11 is 0. The number of aromatic nitrogens is 5. The molecule has 5 heterocycles. The number of ether oxygens (including phenoxy) is 2. The van der Waals surface area contributed by atoms with Crippen LogP contribution in [0.25, 0.3) is 22.8 Å². The van der Waals surface area contributed by atoms with Crippen molar-refractivity contribution in [2.75, 3.05) is 25.6 Å². The van der Waals surface area contributed by atoms with Crippen LogP contribution < -0.4 is 20.1 Å². The van der Waals surface area contributed by atoms with Crippen LogP contribution >= 0.6 is 0 Å². The van der Waals surface area contributed by atoms with E-state index in [2.05, 4.69) is 35.7 Å². The minimum atomic E-state index is -0.525. The van der Waals surface area contributed by atoms with Crippen LogP contribution in [0.2, 0.25) is 0 Å². The van der Waals surface area contributed by atoms with Gasteiger partial charge in [0.2, 0.25) is 11.7 Å². The zero-order valence-corrected chi connectivity index (χ0v) is 21.4. The molecule has 0 saturated carbocycles. The minimum Gasteiger partial charge on any atom is -0.492 e. The molecule has 6 rings (SSSR count). The molecule has 0 fully saturated rings. The fourth-order valence-electron chi connectivity index (χ4n) is 4.56. The largest absolute Gasteiger partial charge is 0.492 e. The minimum absolute atomic E-state index is 0.0375. The predicted octanol–water partition coefficient (Wildman–Crippen LogP) is 4.32. The van der Waals surface area contributed by atoms with E-state index in [9.17, 15) is 9.18 Å². The number of hydrogen-bond donors (Lipinski definition) is 3. The van der Waals surface area contributed by atoms with E-state index in [0.29, 0.717) is 70.7 Å². The summed E-state index contributed by atoms with van der Waals surface area (Å²) in [7, 11) is 1.39. The number of pyridine rings is 2. The Morgan fingerprint density at radius 3 is 2.92 bits per heavy atom. The molecule has 3 N–H and O–H groups in total. The molecule has 0 atom stereocenters. The highest BCUT2D eigenvalue weighted by atomic mass is 19.1. The fourth-order valence-corrected chi connectivity index (χ4v) is 4.56. The van der Waals surface area contributed by atoms with Gasteiger partial charge in [-0.15, -0.1) is 0 Å². The van der Waals surface area contributed by atoms with Crippen molar-refractivity contribution in [3.8, 4) is 34.3 Å². The number of aromatic amines is 1. The number of fused-ring (bicyclic) bond motifs is 1. The van der Waals surface area contributed by atoms with Crippen LogP contribution in [0.5, 0.6) is 11.5 Å². The summed E-state index contributed by atoms with van der Waals surface area (Å²) in [6, 6.07) is 11.8. The maximum Gasteiger partial charge on any atom is 0.255 e. The van der Waals surface area contributed by atoms with Crippen molar-refractivity contribution < 1.29 is 23.2 Å². The normalized spacial score (nSPS) is 12.5. The Bertz CT molecular complexity index is 1670. The van der Waals surface area contributed by atoms with Crippen LogP contribution in [0.4, 0.5) is 15.8 Å². The molecule has 1 amide bonds. The number of benzene rings is 1. The Hall–Kier alpha value is -5.26. The van der Waals surface area contributed by atoms with Crippen molar-refractivity contribution in [1.82, 2.24) is 30.4 Å². The third kappa shape index (κ3) is 4.82. The zero-order chi connectivity index (χ0) is 27.5. The monoisotopic (exact) mass is 541 g/mol. The van der Waals surface area contributed by atoms with Gasteiger partial charge in [-0.05, 0) is 30.3 Å². The first-order chi connectivity index (χ1) is 19.6. The molecular formula is C28H24FN7O4. The average Bonchev–Trinajstić information content (AvgIpc) is 3.60. The lowest BCUT2D eigenvalue weighted by Gasteiger charge is -2.17. The summed E-state index contributed by atoms with van der Waals surface area (Å²) in [5.41, 5.74) is 3.93. The van der Waals surface area contributed by atoms with Gasteiger partial charge in [0.25, 0.3) is 5.91 Å². The van der Waals surface area contributed by atoms with Crippen LogP contribution in [0.3, 0.4) is 0 Å². The van der Waals surface area contributed by atoms with Gasteiger partial charge >= 0.3 is 0 Å². The third-order valence-electron chi connectivity index (χ3n) is 6.39. The number of methoxy groups -OCH3 is 1. The van der Waals surface area contributed by atoms with Gasteiger partial charge in [-0.25, -0.2) is 4.39 Å². The summed E-state index contributed by atoms with van der Waals surface area (Å²) in [6.07, 6.45) is 5.84. The van der Waals surface area contributed by atoms with Crippen LogP contribution in [0.1, 0.15) is 21.9 Å². The molecule has 1 aliphatic rings. The van der Waals surface area contributed by atoms with E-state index >= 15 is 0 Å². The number of anilines is 2. The van der Waals surface area contributed by atoms with E-state index in [4.69, 9.17) is 14.0 Å². The second kappa shape index (κ2) is 10.8. The van der Waals surface area contributed by atoms with Crippen molar-refractivity contribution in [3.63, 3.8) is 0 Å². The van der Waals surface area contributed by atoms with Gasteiger partial charge in [0.1, 0.15) is 11.4 Å². The molecule has 4 aromatic heterocycles. The lowest BCUT2D eigenvalue weighted by atomic mass is 10.0. The van der Waals surface area contributed by atoms with E-state index in [1.807, 2.05) is 12.1 Å². The standard InChI is InChI=1S/C28H24FN7O4/c1-38-26-17(29)5-4-7-19(26)34-25-23-18(9-13-32-28(23)37)33-24(25)16-8-12-30-15-21(16)39-14-10-22-35-27(36-40-22)20-6-2-3-11-31-20/h2-8,11-12,15,33-34H,9-10,13-14H2,1H3,(H,32,37). The Kier molecular flexibility index (Phi) is 6.79. The van der Waals surface area contributed by atoms with E-state index < -0.39 is 5.82 Å². The molecule has 0 unspecified atom stereocenters. The maximum atomic E-state index is 14.5. The Morgan fingerprint density at radius 2 is 2.08 bits per heavy atom. The highest BCUT2D eigenvalue weighted by Crippen LogP contribution is 2.42. The van der Waals surface area contributed by atoms with Gasteiger partial charge in [-0.1, -0.05) is 17.3 Å². The first kappa shape index (κ1) is 25.0. The Balaban J connectivity index is 1.29. The first-order valence-electron chi connectivity index (χ1n) is 12.6. The maximum absolute atomic E-state index is 14.5. The molecule has 1 aromatic carbocycles. The average molecular weight is 542 g/mol. The molecule has 11 nitrogen and oxygen atoms in total. The summed E-state index contributed by atoms with van der Waals surface area (Å²) in [4.78, 5) is 29.2.